The Morgan fingerprint density at radius 3 is 2.23 bits per heavy atom. The van der Waals surface area contributed by atoms with Crippen molar-refractivity contribution in [2.75, 3.05) is 19.8 Å². The van der Waals surface area contributed by atoms with E-state index in [0.717, 1.165) is 119 Å². The topological polar surface area (TPSA) is 102 Å². The van der Waals surface area contributed by atoms with Crippen molar-refractivity contribution in [2.45, 2.75) is 188 Å². The highest BCUT2D eigenvalue weighted by Gasteiger charge is 2.59. The van der Waals surface area contributed by atoms with Crippen LogP contribution in [-0.2, 0) is 18.6 Å². The largest absolute Gasteiger partial charge is 0.446 e. The highest BCUT2D eigenvalue weighted by Crippen LogP contribution is 2.67. The molecule has 8 heteroatoms. The number of ketones is 1. The minimum atomic E-state index is -3.36. The van der Waals surface area contributed by atoms with Crippen LogP contribution in [-0.4, -0.2) is 42.7 Å². The lowest BCUT2D eigenvalue weighted by molar-refractivity contribution is -0.119. The van der Waals surface area contributed by atoms with Gasteiger partial charge in [-0.1, -0.05) is 104 Å². The van der Waals surface area contributed by atoms with E-state index in [0.29, 0.717) is 37.2 Å². The first-order valence-corrected chi connectivity index (χ1v) is 23.9. The van der Waals surface area contributed by atoms with E-state index < -0.39 is 7.60 Å². The van der Waals surface area contributed by atoms with Crippen molar-refractivity contribution in [3.63, 3.8) is 0 Å². The van der Waals surface area contributed by atoms with Crippen LogP contribution in [0.3, 0.4) is 0 Å². The number of carbonyl (C=O) groups is 2. The van der Waals surface area contributed by atoms with Crippen LogP contribution in [0.25, 0.3) is 0 Å². The number of ether oxygens (including phenoxy) is 1. The predicted molar refractivity (Wildman–Crippen MR) is 213 cm³/mol. The molecule has 1 amide bonds. The van der Waals surface area contributed by atoms with Gasteiger partial charge in [0.05, 0.1) is 6.61 Å². The molecule has 0 spiro atoms. The monoisotopic (exact) mass is 748 g/mol. The number of hydrogen-bond donors (Lipinski definition) is 2. The standard InChI is InChI=1S/C44H78NO6P/c1-33(2)18-17-19-34(3)39-24-25-40-38-23-22-35-32-37(26-28-43(35,4)41(38)27-29-44(39,40)5)51-42(47)45-30-15-11-7-9-13-20-36(46)21-14-10-8-12-16-31-50-52(6,48)49/h22,33-34,37-41H,7-21,23-32H2,1-6H3,(H,45,47)(H,48,49)/t34-,37+,38+,39-,40+,41+,43+,44-/m1/s1. The summed E-state index contributed by atoms with van der Waals surface area (Å²) in [4.78, 5) is 34.0. The molecule has 1 unspecified atom stereocenters. The number of unbranched alkanes of at least 4 members (excludes halogenated alkanes) is 8. The van der Waals surface area contributed by atoms with E-state index in [1.165, 1.54) is 58.0 Å². The van der Waals surface area contributed by atoms with E-state index in [4.69, 9.17) is 14.2 Å². The average molecular weight is 748 g/mol. The minimum absolute atomic E-state index is 0.00569. The van der Waals surface area contributed by atoms with Gasteiger partial charge in [-0.2, -0.15) is 0 Å². The van der Waals surface area contributed by atoms with Gasteiger partial charge in [0.15, 0.2) is 0 Å². The lowest BCUT2D eigenvalue weighted by Crippen LogP contribution is -2.51. The Balaban J connectivity index is 1.06. The van der Waals surface area contributed by atoms with Crippen molar-refractivity contribution in [1.29, 1.82) is 0 Å². The third-order valence-electron chi connectivity index (χ3n) is 14.4. The molecule has 0 heterocycles. The van der Waals surface area contributed by atoms with E-state index in [-0.39, 0.29) is 17.6 Å². The number of rotatable bonds is 23. The van der Waals surface area contributed by atoms with Crippen LogP contribution >= 0.6 is 7.60 Å². The van der Waals surface area contributed by atoms with E-state index in [2.05, 4.69) is 46.0 Å². The molecule has 0 aromatic carbocycles. The van der Waals surface area contributed by atoms with Crippen molar-refractivity contribution in [1.82, 2.24) is 5.32 Å². The molecule has 0 bridgehead atoms. The van der Waals surface area contributed by atoms with E-state index >= 15 is 0 Å². The summed E-state index contributed by atoms with van der Waals surface area (Å²) >= 11 is 0. The fourth-order valence-electron chi connectivity index (χ4n) is 11.4. The molecule has 4 aliphatic carbocycles. The van der Waals surface area contributed by atoms with Crippen molar-refractivity contribution < 1.29 is 28.3 Å². The van der Waals surface area contributed by atoms with E-state index in [1.54, 1.807) is 5.57 Å². The number of nitrogens with one attached hydrogen (secondary N) is 1. The van der Waals surface area contributed by atoms with Crippen LogP contribution in [0, 0.1) is 46.3 Å². The van der Waals surface area contributed by atoms with Crippen LogP contribution in [0.4, 0.5) is 4.79 Å². The van der Waals surface area contributed by atoms with Crippen LogP contribution in [0.5, 0.6) is 0 Å². The number of allylic oxidation sites excluding steroid dienone is 1. The molecule has 0 aliphatic heterocycles. The zero-order valence-corrected chi connectivity index (χ0v) is 35.1. The number of Topliss-reactive ketones (excluding diaryl/α,β-unsaturated/α-hetero) is 1. The molecule has 4 aliphatic rings. The Labute approximate surface area is 318 Å². The molecule has 300 valence electrons. The van der Waals surface area contributed by atoms with E-state index in [9.17, 15) is 14.2 Å². The fourth-order valence-corrected chi connectivity index (χ4v) is 11.9. The van der Waals surface area contributed by atoms with Crippen LogP contribution in [0.1, 0.15) is 182 Å². The third-order valence-corrected chi connectivity index (χ3v) is 15.0. The number of alkyl carbamates (subject to hydrolysis) is 1. The predicted octanol–water partition coefficient (Wildman–Crippen LogP) is 12.2. The van der Waals surface area contributed by atoms with Gasteiger partial charge >= 0.3 is 13.7 Å². The highest BCUT2D eigenvalue weighted by atomic mass is 31.2. The van der Waals surface area contributed by atoms with Gasteiger partial charge in [-0.05, 0) is 117 Å². The number of fused-ring (bicyclic) bond motifs is 5. The zero-order chi connectivity index (χ0) is 37.8. The molecule has 0 radical (unpaired) electrons. The summed E-state index contributed by atoms with van der Waals surface area (Å²) in [5, 5.41) is 3.01. The summed E-state index contributed by atoms with van der Waals surface area (Å²) in [5.74, 6) is 5.40. The normalized spacial score (nSPS) is 31.5. The van der Waals surface area contributed by atoms with Crippen LogP contribution in [0.2, 0.25) is 0 Å². The van der Waals surface area contributed by atoms with Gasteiger partial charge in [0.1, 0.15) is 11.9 Å². The second kappa shape index (κ2) is 20.7. The zero-order valence-electron chi connectivity index (χ0n) is 34.2. The summed E-state index contributed by atoms with van der Waals surface area (Å²) in [6.45, 7) is 14.7. The first-order valence-electron chi connectivity index (χ1n) is 21.8. The molecule has 9 atom stereocenters. The summed E-state index contributed by atoms with van der Waals surface area (Å²) in [7, 11) is -3.36. The number of carbonyl (C=O) groups excluding carboxylic acids is 2. The van der Waals surface area contributed by atoms with Gasteiger partial charge in [0, 0.05) is 32.5 Å². The second-order valence-electron chi connectivity index (χ2n) is 18.7. The van der Waals surface area contributed by atoms with Gasteiger partial charge in [0.2, 0.25) is 0 Å². The van der Waals surface area contributed by atoms with Crippen molar-refractivity contribution in [3.8, 4) is 0 Å². The Kier molecular flexibility index (Phi) is 17.3. The Morgan fingerprint density at radius 2 is 1.54 bits per heavy atom. The van der Waals surface area contributed by atoms with Crippen LogP contribution < -0.4 is 5.32 Å². The Morgan fingerprint density at radius 1 is 0.865 bits per heavy atom. The van der Waals surface area contributed by atoms with Crippen molar-refractivity contribution >= 4 is 19.5 Å². The first kappa shape index (κ1) is 43.6. The molecular weight excluding hydrogens is 669 g/mol. The first-order chi connectivity index (χ1) is 24.7. The minimum Gasteiger partial charge on any atom is -0.446 e. The highest BCUT2D eigenvalue weighted by molar-refractivity contribution is 7.51. The Bertz CT molecular complexity index is 1200. The quantitative estimate of drug-likeness (QED) is 0.0613. The van der Waals surface area contributed by atoms with Crippen LogP contribution in [0.15, 0.2) is 11.6 Å². The maximum absolute atomic E-state index is 12.7. The van der Waals surface area contributed by atoms with Gasteiger partial charge in [-0.15, -0.1) is 0 Å². The average Bonchev–Trinajstić information content (AvgIpc) is 3.44. The fraction of sp³-hybridized carbons (Fsp3) is 0.909. The smallest absolute Gasteiger partial charge is 0.407 e. The molecule has 0 aromatic rings. The lowest BCUT2D eigenvalue weighted by atomic mass is 9.47. The summed E-state index contributed by atoms with van der Waals surface area (Å²) < 4.78 is 22.0. The summed E-state index contributed by atoms with van der Waals surface area (Å²) in [5.41, 5.74) is 2.37. The third kappa shape index (κ3) is 12.7. The number of amides is 1. The molecule has 7 nitrogen and oxygen atoms in total. The summed E-state index contributed by atoms with van der Waals surface area (Å²) in [6, 6.07) is 0. The van der Waals surface area contributed by atoms with Crippen molar-refractivity contribution in [3.05, 3.63) is 11.6 Å². The van der Waals surface area contributed by atoms with Crippen molar-refractivity contribution in [2.24, 2.45) is 46.3 Å². The summed E-state index contributed by atoms with van der Waals surface area (Å²) in [6.07, 6.45) is 27.5. The van der Waals surface area contributed by atoms with Gasteiger partial charge < -0.3 is 19.5 Å². The molecule has 2 N–H and O–H groups in total. The molecular formula is C44H78NO6P. The molecule has 3 fully saturated rings. The molecule has 4 rings (SSSR count). The Hall–Kier alpha value is -1.17. The van der Waals surface area contributed by atoms with Gasteiger partial charge in [-0.25, -0.2) is 4.79 Å². The maximum Gasteiger partial charge on any atom is 0.407 e. The van der Waals surface area contributed by atoms with E-state index in [1.807, 2.05) is 0 Å². The molecule has 0 saturated heterocycles. The molecule has 52 heavy (non-hydrogen) atoms. The second-order valence-corrected chi connectivity index (χ2v) is 20.6. The SMILES string of the molecule is CC(C)CCC[C@@H](C)[C@H]1CC[C@H]2[C@@H]3CC=C4C[C@@H](OC(=O)NCCCCCCCC(=O)CCCCCCCOP(C)(=O)O)CC[C@]4(C)[C@H]3CC[C@]12C. The molecule has 3 saturated carbocycles. The maximum atomic E-state index is 12.7. The van der Waals surface area contributed by atoms with Gasteiger partial charge in [-0.3, -0.25) is 9.36 Å². The van der Waals surface area contributed by atoms with Gasteiger partial charge in [0.25, 0.3) is 0 Å². The number of hydrogen-bond acceptors (Lipinski definition) is 5. The lowest BCUT2D eigenvalue weighted by Gasteiger charge is -2.58. The molecule has 0 aromatic heterocycles.